The van der Waals surface area contributed by atoms with Crippen molar-refractivity contribution >= 4 is 28.9 Å². The largest absolute Gasteiger partial charge is 0.467 e. The lowest BCUT2D eigenvalue weighted by molar-refractivity contribution is 0.502. The van der Waals surface area contributed by atoms with Crippen LogP contribution in [0.25, 0.3) is 0 Å². The minimum absolute atomic E-state index is 0.538. The van der Waals surface area contributed by atoms with Crippen molar-refractivity contribution in [2.45, 2.75) is 26.6 Å². The van der Waals surface area contributed by atoms with Crippen LogP contribution in [-0.4, -0.2) is 14.9 Å². The lowest BCUT2D eigenvalue weighted by atomic mass is 10.4. The molecule has 0 aliphatic carbocycles. The highest BCUT2D eigenvalue weighted by molar-refractivity contribution is 7.80. The van der Waals surface area contributed by atoms with E-state index in [1.165, 1.54) is 0 Å². The molecule has 0 aliphatic rings. The molecule has 5 nitrogen and oxygen atoms in total. The van der Waals surface area contributed by atoms with E-state index in [1.807, 2.05) is 23.7 Å². The third-order valence-corrected chi connectivity index (χ3v) is 3.22. The summed E-state index contributed by atoms with van der Waals surface area (Å²) in [6.07, 6.45) is 3.27. The second kappa shape index (κ2) is 6.58. The number of hydrogen-bond donors (Lipinski definition) is 2. The van der Waals surface area contributed by atoms with Crippen LogP contribution in [0.4, 0.5) is 0 Å². The maximum absolute atomic E-state index is 6.06. The predicted molar refractivity (Wildman–Crippen MR) is 77.9 cm³/mol. The summed E-state index contributed by atoms with van der Waals surface area (Å²) in [5.74, 6) is 0.834. The summed E-state index contributed by atoms with van der Waals surface area (Å²) < 4.78 is 7.04. The van der Waals surface area contributed by atoms with Crippen molar-refractivity contribution in [2.75, 3.05) is 0 Å². The summed E-state index contributed by atoms with van der Waals surface area (Å²) in [6, 6.07) is 3.73. The Morgan fingerprint density at radius 1 is 1.47 bits per heavy atom. The Morgan fingerprint density at radius 2 is 2.26 bits per heavy atom. The van der Waals surface area contributed by atoms with E-state index in [0.717, 1.165) is 18.0 Å². The third-order valence-electron chi connectivity index (χ3n) is 2.62. The molecule has 0 saturated carbocycles. The van der Waals surface area contributed by atoms with Crippen LogP contribution < -0.4 is 10.6 Å². The van der Waals surface area contributed by atoms with Gasteiger partial charge in [-0.15, -0.1) is 0 Å². The average molecular weight is 299 g/mol. The zero-order chi connectivity index (χ0) is 13.7. The van der Waals surface area contributed by atoms with Crippen LogP contribution >= 0.6 is 23.8 Å². The maximum atomic E-state index is 6.06. The van der Waals surface area contributed by atoms with E-state index in [2.05, 4.69) is 15.7 Å². The van der Waals surface area contributed by atoms with Gasteiger partial charge in [-0.25, -0.2) is 0 Å². The second-order valence-corrected chi connectivity index (χ2v) is 4.69. The van der Waals surface area contributed by atoms with Gasteiger partial charge >= 0.3 is 0 Å². The summed E-state index contributed by atoms with van der Waals surface area (Å²) in [5, 5.41) is 11.5. The van der Waals surface area contributed by atoms with Gasteiger partial charge in [0.25, 0.3) is 0 Å². The maximum Gasteiger partial charge on any atom is 0.166 e. The lowest BCUT2D eigenvalue weighted by Crippen LogP contribution is -2.34. The molecule has 0 aromatic carbocycles. The van der Waals surface area contributed by atoms with E-state index in [0.29, 0.717) is 23.2 Å². The molecule has 0 fully saturated rings. The Labute approximate surface area is 121 Å². The Morgan fingerprint density at radius 3 is 2.95 bits per heavy atom. The normalized spacial score (nSPS) is 10.4. The molecule has 0 saturated heterocycles. The SMILES string of the molecule is CCn1ncc(Cl)c1CNC(=S)NCc1ccco1. The number of hydrogen-bond acceptors (Lipinski definition) is 3. The van der Waals surface area contributed by atoms with Gasteiger partial charge in [-0.3, -0.25) is 4.68 Å². The van der Waals surface area contributed by atoms with Crippen molar-refractivity contribution in [3.63, 3.8) is 0 Å². The van der Waals surface area contributed by atoms with Gasteiger partial charge in [-0.2, -0.15) is 5.10 Å². The topological polar surface area (TPSA) is 55.0 Å². The van der Waals surface area contributed by atoms with Gasteiger partial charge in [-0.1, -0.05) is 11.6 Å². The van der Waals surface area contributed by atoms with Crippen LogP contribution in [0.3, 0.4) is 0 Å². The highest BCUT2D eigenvalue weighted by atomic mass is 35.5. The van der Waals surface area contributed by atoms with Crippen LogP contribution in [0.15, 0.2) is 29.0 Å². The number of aromatic nitrogens is 2. The molecular formula is C12H15ClN4OS. The third kappa shape index (κ3) is 3.71. The first-order valence-corrected chi connectivity index (χ1v) is 6.73. The first-order chi connectivity index (χ1) is 9.20. The minimum atomic E-state index is 0.538. The predicted octanol–water partition coefficient (Wildman–Crippen LogP) is 2.31. The highest BCUT2D eigenvalue weighted by Gasteiger charge is 2.08. The molecule has 2 rings (SSSR count). The first kappa shape index (κ1) is 13.9. The van der Waals surface area contributed by atoms with Crippen molar-refractivity contribution in [1.82, 2.24) is 20.4 Å². The molecule has 0 aliphatic heterocycles. The van der Waals surface area contributed by atoms with Crippen LogP contribution in [0, 0.1) is 0 Å². The Hall–Kier alpha value is -1.53. The van der Waals surface area contributed by atoms with Gasteiger partial charge in [0, 0.05) is 6.54 Å². The molecule has 19 heavy (non-hydrogen) atoms. The molecule has 7 heteroatoms. The van der Waals surface area contributed by atoms with Gasteiger partial charge in [0.05, 0.1) is 36.3 Å². The van der Waals surface area contributed by atoms with Crippen molar-refractivity contribution in [3.8, 4) is 0 Å². The summed E-state index contributed by atoms with van der Waals surface area (Å²) >= 11 is 11.2. The standard InChI is InChI=1S/C12H15ClN4OS/c1-2-17-11(10(13)7-16-17)8-15-12(19)14-6-9-4-3-5-18-9/h3-5,7H,2,6,8H2,1H3,(H2,14,15,19). The van der Waals surface area contributed by atoms with Crippen LogP contribution in [0.2, 0.25) is 5.02 Å². The molecule has 2 aromatic heterocycles. The molecular weight excluding hydrogens is 284 g/mol. The first-order valence-electron chi connectivity index (χ1n) is 5.95. The molecule has 102 valence electrons. The molecule has 0 atom stereocenters. The summed E-state index contributed by atoms with van der Waals surface area (Å²) in [7, 11) is 0. The summed E-state index contributed by atoms with van der Waals surface area (Å²) in [4.78, 5) is 0. The van der Waals surface area contributed by atoms with Crippen molar-refractivity contribution < 1.29 is 4.42 Å². The highest BCUT2D eigenvalue weighted by Crippen LogP contribution is 2.14. The zero-order valence-corrected chi connectivity index (χ0v) is 12.1. The van der Waals surface area contributed by atoms with Crippen LogP contribution in [0.1, 0.15) is 18.4 Å². The van der Waals surface area contributed by atoms with E-state index in [1.54, 1.807) is 12.5 Å². The fraction of sp³-hybridized carbons (Fsp3) is 0.333. The average Bonchev–Trinajstić information content (AvgIpc) is 3.03. The zero-order valence-electron chi connectivity index (χ0n) is 10.5. The van der Waals surface area contributed by atoms with Gasteiger partial charge < -0.3 is 15.1 Å². The van der Waals surface area contributed by atoms with Crippen molar-refractivity contribution in [3.05, 3.63) is 41.1 Å². The second-order valence-electron chi connectivity index (χ2n) is 3.87. The number of nitrogens with zero attached hydrogens (tertiary/aromatic N) is 2. The van der Waals surface area contributed by atoms with Gasteiger partial charge in [-0.05, 0) is 31.3 Å². The van der Waals surface area contributed by atoms with Crippen molar-refractivity contribution in [1.29, 1.82) is 0 Å². The molecule has 2 aromatic rings. The molecule has 2 heterocycles. The fourth-order valence-electron chi connectivity index (χ4n) is 1.64. The van der Waals surface area contributed by atoms with E-state index in [-0.39, 0.29) is 0 Å². The number of rotatable bonds is 5. The summed E-state index contributed by atoms with van der Waals surface area (Å²) in [5.41, 5.74) is 0.923. The van der Waals surface area contributed by atoms with E-state index >= 15 is 0 Å². The Kier molecular flexibility index (Phi) is 4.81. The Balaban J connectivity index is 1.81. The number of nitrogens with one attached hydrogen (secondary N) is 2. The smallest absolute Gasteiger partial charge is 0.166 e. The van der Waals surface area contributed by atoms with Gasteiger partial charge in [0.1, 0.15) is 5.76 Å². The van der Waals surface area contributed by atoms with E-state index in [9.17, 15) is 0 Å². The quantitative estimate of drug-likeness (QED) is 0.830. The number of thiocarbonyl (C=S) groups is 1. The molecule has 0 bridgehead atoms. The van der Waals surface area contributed by atoms with E-state index < -0.39 is 0 Å². The van der Waals surface area contributed by atoms with E-state index in [4.69, 9.17) is 28.2 Å². The van der Waals surface area contributed by atoms with Gasteiger partial charge in [0.15, 0.2) is 5.11 Å². The molecule has 0 spiro atoms. The van der Waals surface area contributed by atoms with Crippen LogP contribution in [-0.2, 0) is 19.6 Å². The van der Waals surface area contributed by atoms with Gasteiger partial charge in [0.2, 0.25) is 0 Å². The lowest BCUT2D eigenvalue weighted by Gasteiger charge is -2.10. The molecule has 0 amide bonds. The fourth-order valence-corrected chi connectivity index (χ4v) is 2.00. The van der Waals surface area contributed by atoms with Crippen molar-refractivity contribution in [2.24, 2.45) is 0 Å². The van der Waals surface area contributed by atoms with Crippen LogP contribution in [0.5, 0.6) is 0 Å². The number of halogens is 1. The Bertz CT molecular complexity index is 538. The number of aryl methyl sites for hydroxylation is 1. The number of furan rings is 1. The molecule has 2 N–H and O–H groups in total. The summed E-state index contributed by atoms with van der Waals surface area (Å²) in [6.45, 7) is 3.88. The molecule has 0 unspecified atom stereocenters. The minimum Gasteiger partial charge on any atom is -0.467 e. The molecule has 0 radical (unpaired) electrons. The monoisotopic (exact) mass is 298 g/mol.